The summed E-state index contributed by atoms with van der Waals surface area (Å²) in [7, 11) is 0. The molecule has 0 spiro atoms. The summed E-state index contributed by atoms with van der Waals surface area (Å²) in [5.74, 6) is 0. The number of alkyl halides is 3. The van der Waals surface area contributed by atoms with Gasteiger partial charge in [-0.25, -0.2) is 0 Å². The molecule has 0 fully saturated rings. The van der Waals surface area contributed by atoms with Crippen LogP contribution in [0.1, 0.15) is 16.7 Å². The molecule has 1 aromatic carbocycles. The van der Waals surface area contributed by atoms with E-state index >= 15 is 0 Å². The Morgan fingerprint density at radius 1 is 1.36 bits per heavy atom. The van der Waals surface area contributed by atoms with Crippen molar-refractivity contribution in [1.29, 1.82) is 0 Å². The van der Waals surface area contributed by atoms with Gasteiger partial charge in [-0.15, -0.1) is 0 Å². The molecule has 0 heterocycles. The highest BCUT2D eigenvalue weighted by Gasteiger charge is 2.33. The van der Waals surface area contributed by atoms with Gasteiger partial charge in [0.1, 0.15) is 0 Å². The molecule has 1 aromatic rings. The van der Waals surface area contributed by atoms with E-state index in [9.17, 15) is 13.2 Å². The molecule has 0 aliphatic heterocycles. The van der Waals surface area contributed by atoms with Crippen molar-refractivity contribution in [2.45, 2.75) is 19.6 Å². The monoisotopic (exact) mass is 315 g/mol. The topological polar surface area (TPSA) is 26.0 Å². The molecule has 78 valence electrons. The van der Waals surface area contributed by atoms with Crippen molar-refractivity contribution >= 4 is 22.6 Å². The Kier molecular flexibility index (Phi) is 3.41. The van der Waals surface area contributed by atoms with Gasteiger partial charge >= 0.3 is 6.18 Å². The molecule has 0 saturated heterocycles. The molecule has 0 radical (unpaired) electrons. The van der Waals surface area contributed by atoms with E-state index < -0.39 is 11.7 Å². The standard InChI is InChI=1S/C9H9F3IN/c1-5-2-6(4-14)8(13)7(3-5)9(10,11)12/h2-3H,4,14H2,1H3. The van der Waals surface area contributed by atoms with Gasteiger partial charge in [0.25, 0.3) is 0 Å². The van der Waals surface area contributed by atoms with E-state index in [-0.39, 0.29) is 10.1 Å². The minimum atomic E-state index is -4.30. The van der Waals surface area contributed by atoms with E-state index in [2.05, 4.69) is 0 Å². The van der Waals surface area contributed by atoms with Crippen LogP contribution in [-0.4, -0.2) is 0 Å². The number of rotatable bonds is 1. The van der Waals surface area contributed by atoms with Crippen LogP contribution in [0, 0.1) is 10.5 Å². The van der Waals surface area contributed by atoms with Crippen LogP contribution in [-0.2, 0) is 12.7 Å². The minimum absolute atomic E-state index is 0.128. The molecule has 0 aromatic heterocycles. The van der Waals surface area contributed by atoms with Gasteiger partial charge in [0.15, 0.2) is 0 Å². The van der Waals surface area contributed by atoms with E-state index in [1.807, 2.05) is 0 Å². The average molecular weight is 315 g/mol. The maximum absolute atomic E-state index is 12.5. The van der Waals surface area contributed by atoms with Gasteiger partial charge in [-0.2, -0.15) is 13.2 Å². The Hall–Kier alpha value is -0.300. The Bertz CT molecular complexity index is 347. The third-order valence-corrected chi connectivity index (χ3v) is 3.09. The summed E-state index contributed by atoms with van der Waals surface area (Å²) in [6, 6.07) is 2.82. The molecule has 5 heteroatoms. The minimum Gasteiger partial charge on any atom is -0.326 e. The Morgan fingerprint density at radius 3 is 2.36 bits per heavy atom. The fraction of sp³-hybridized carbons (Fsp3) is 0.333. The number of aryl methyl sites for hydroxylation is 1. The Balaban J connectivity index is 3.37. The Morgan fingerprint density at radius 2 is 1.93 bits per heavy atom. The van der Waals surface area contributed by atoms with E-state index in [0.29, 0.717) is 11.1 Å². The second kappa shape index (κ2) is 4.06. The zero-order valence-corrected chi connectivity index (χ0v) is 9.61. The summed E-state index contributed by atoms with van der Waals surface area (Å²) in [5.41, 5.74) is 5.88. The van der Waals surface area contributed by atoms with Gasteiger partial charge in [0.2, 0.25) is 0 Å². The molecular weight excluding hydrogens is 306 g/mol. The number of nitrogens with two attached hydrogens (primary N) is 1. The number of hydrogen-bond donors (Lipinski definition) is 1. The SMILES string of the molecule is Cc1cc(CN)c(I)c(C(F)(F)F)c1. The van der Waals surface area contributed by atoms with Crippen molar-refractivity contribution in [3.63, 3.8) is 0 Å². The lowest BCUT2D eigenvalue weighted by Gasteiger charge is -2.13. The molecule has 0 unspecified atom stereocenters. The van der Waals surface area contributed by atoms with Gasteiger partial charge < -0.3 is 5.73 Å². The predicted molar refractivity (Wildman–Crippen MR) is 56.8 cm³/mol. The van der Waals surface area contributed by atoms with Crippen LogP contribution in [0.2, 0.25) is 0 Å². The number of halogens is 4. The van der Waals surface area contributed by atoms with Crippen molar-refractivity contribution in [3.8, 4) is 0 Å². The van der Waals surface area contributed by atoms with Gasteiger partial charge in [-0.1, -0.05) is 11.6 Å². The van der Waals surface area contributed by atoms with Crippen molar-refractivity contribution in [2.24, 2.45) is 5.73 Å². The maximum Gasteiger partial charge on any atom is 0.417 e. The number of hydrogen-bond acceptors (Lipinski definition) is 1. The second-order valence-corrected chi connectivity index (χ2v) is 4.07. The van der Waals surface area contributed by atoms with Gasteiger partial charge in [0.05, 0.1) is 5.56 Å². The largest absolute Gasteiger partial charge is 0.417 e. The van der Waals surface area contributed by atoms with Crippen molar-refractivity contribution in [3.05, 3.63) is 32.4 Å². The summed E-state index contributed by atoms with van der Waals surface area (Å²) < 4.78 is 37.7. The van der Waals surface area contributed by atoms with Gasteiger partial charge in [-0.3, -0.25) is 0 Å². The van der Waals surface area contributed by atoms with E-state index in [4.69, 9.17) is 5.73 Å². The lowest BCUT2D eigenvalue weighted by atomic mass is 10.1. The molecule has 0 saturated carbocycles. The van der Waals surface area contributed by atoms with E-state index in [1.54, 1.807) is 35.6 Å². The first-order chi connectivity index (χ1) is 6.36. The molecule has 0 amide bonds. The maximum atomic E-state index is 12.5. The third kappa shape index (κ3) is 2.38. The molecule has 14 heavy (non-hydrogen) atoms. The summed E-state index contributed by atoms with van der Waals surface area (Å²) in [6.07, 6.45) is -4.30. The smallest absolute Gasteiger partial charge is 0.326 e. The van der Waals surface area contributed by atoms with Crippen LogP contribution in [0.25, 0.3) is 0 Å². The lowest BCUT2D eigenvalue weighted by Crippen LogP contribution is -2.11. The molecule has 0 aliphatic carbocycles. The lowest BCUT2D eigenvalue weighted by molar-refractivity contribution is -0.138. The quantitative estimate of drug-likeness (QED) is 0.792. The first-order valence-electron chi connectivity index (χ1n) is 3.92. The molecule has 0 bridgehead atoms. The highest BCUT2D eigenvalue weighted by molar-refractivity contribution is 14.1. The van der Waals surface area contributed by atoms with E-state index in [0.717, 1.165) is 6.07 Å². The average Bonchev–Trinajstić information content (AvgIpc) is 2.06. The van der Waals surface area contributed by atoms with Gasteiger partial charge in [-0.05, 0) is 41.1 Å². The van der Waals surface area contributed by atoms with E-state index in [1.165, 1.54) is 0 Å². The van der Waals surface area contributed by atoms with Crippen LogP contribution in [0.15, 0.2) is 12.1 Å². The van der Waals surface area contributed by atoms with Crippen molar-refractivity contribution in [2.75, 3.05) is 0 Å². The Labute approximate surface area is 93.6 Å². The fourth-order valence-corrected chi connectivity index (χ4v) is 2.04. The predicted octanol–water partition coefficient (Wildman–Crippen LogP) is 3.08. The van der Waals surface area contributed by atoms with Crippen LogP contribution >= 0.6 is 22.6 Å². The van der Waals surface area contributed by atoms with Gasteiger partial charge in [0, 0.05) is 10.1 Å². The normalized spacial score (nSPS) is 11.9. The van der Waals surface area contributed by atoms with Crippen molar-refractivity contribution in [1.82, 2.24) is 0 Å². The fourth-order valence-electron chi connectivity index (χ4n) is 1.20. The summed E-state index contributed by atoms with van der Waals surface area (Å²) >= 11 is 1.68. The highest BCUT2D eigenvalue weighted by Crippen LogP contribution is 2.34. The molecule has 2 N–H and O–H groups in total. The van der Waals surface area contributed by atoms with Crippen LogP contribution < -0.4 is 5.73 Å². The molecular formula is C9H9F3IN. The number of benzene rings is 1. The van der Waals surface area contributed by atoms with Crippen LogP contribution in [0.3, 0.4) is 0 Å². The van der Waals surface area contributed by atoms with Crippen molar-refractivity contribution < 1.29 is 13.2 Å². The summed E-state index contributed by atoms with van der Waals surface area (Å²) in [4.78, 5) is 0. The third-order valence-electron chi connectivity index (χ3n) is 1.82. The molecule has 0 aliphatic rings. The zero-order chi connectivity index (χ0) is 10.9. The van der Waals surface area contributed by atoms with Crippen LogP contribution in [0.5, 0.6) is 0 Å². The zero-order valence-electron chi connectivity index (χ0n) is 7.45. The van der Waals surface area contributed by atoms with Crippen LogP contribution in [0.4, 0.5) is 13.2 Å². The summed E-state index contributed by atoms with van der Waals surface area (Å²) in [5, 5.41) is 0. The molecule has 1 rings (SSSR count). The first kappa shape index (κ1) is 11.8. The highest BCUT2D eigenvalue weighted by atomic mass is 127. The first-order valence-corrected chi connectivity index (χ1v) is 5.00. The second-order valence-electron chi connectivity index (χ2n) is 2.99. The molecule has 1 nitrogen and oxygen atoms in total. The summed E-state index contributed by atoms with van der Waals surface area (Å²) in [6.45, 7) is 1.76. The molecule has 0 atom stereocenters.